The Hall–Kier alpha value is -5.18. The molecule has 3 fully saturated rings. The molecule has 1 saturated heterocycles. The van der Waals surface area contributed by atoms with Gasteiger partial charge in [-0.25, -0.2) is 13.2 Å². The summed E-state index contributed by atoms with van der Waals surface area (Å²) < 4.78 is 93.0. The van der Waals surface area contributed by atoms with E-state index in [0.29, 0.717) is 33.9 Å². The number of aryl methyl sites for hydroxylation is 1. The third kappa shape index (κ3) is 12.1. The highest BCUT2D eigenvalue weighted by molar-refractivity contribution is 6.30. The van der Waals surface area contributed by atoms with Crippen LogP contribution in [-0.2, 0) is 47.0 Å². The number of alkyl halides is 6. The lowest BCUT2D eigenvalue weighted by Gasteiger charge is -2.48. The number of benzene rings is 1. The van der Waals surface area contributed by atoms with Gasteiger partial charge >= 0.3 is 6.18 Å². The predicted molar refractivity (Wildman–Crippen MR) is 241 cm³/mol. The molecule has 6 rings (SSSR count). The van der Waals surface area contributed by atoms with E-state index in [2.05, 4.69) is 15.7 Å². The van der Waals surface area contributed by atoms with Crippen molar-refractivity contribution in [2.75, 3.05) is 47.4 Å². The maximum atomic E-state index is 14.9. The van der Waals surface area contributed by atoms with Gasteiger partial charge in [-0.2, -0.15) is 18.3 Å². The van der Waals surface area contributed by atoms with Gasteiger partial charge < -0.3 is 35.0 Å². The lowest BCUT2D eigenvalue weighted by molar-refractivity contribution is -0.299. The van der Waals surface area contributed by atoms with Crippen molar-refractivity contribution in [3.63, 3.8) is 0 Å². The average molecular weight is 999 g/mol. The van der Waals surface area contributed by atoms with Gasteiger partial charge in [-0.15, -0.1) is 0 Å². The number of likely N-dealkylation sites (N-methyl/N-ethyl adjacent to an activating group) is 3. The molecule has 6 atom stereocenters. The molecule has 15 nitrogen and oxygen atoms in total. The monoisotopic (exact) mass is 998 g/mol. The van der Waals surface area contributed by atoms with E-state index in [4.69, 9.17) is 16.3 Å². The largest absolute Gasteiger partial charge is 0.403 e. The molecule has 1 aromatic heterocycles. The number of nitrogens with one attached hydrogen (secondary N) is 2. The normalized spacial score (nSPS) is 26.2. The van der Waals surface area contributed by atoms with E-state index < -0.39 is 121 Å². The van der Waals surface area contributed by atoms with Crippen molar-refractivity contribution in [1.82, 2.24) is 40.0 Å². The van der Waals surface area contributed by atoms with Crippen LogP contribution in [-0.4, -0.2) is 161 Å². The Kier molecular flexibility index (Phi) is 16.2. The van der Waals surface area contributed by atoms with E-state index >= 15 is 0 Å². The van der Waals surface area contributed by atoms with E-state index in [0.717, 1.165) is 16.0 Å². The Bertz CT molecular complexity index is 2300. The van der Waals surface area contributed by atoms with Gasteiger partial charge in [0.05, 0.1) is 26.0 Å². The summed E-state index contributed by atoms with van der Waals surface area (Å²) in [6.07, 6.45) is -5.72. The molecule has 1 aromatic carbocycles. The molecular weight excluding hydrogens is 938 g/mol. The van der Waals surface area contributed by atoms with Crippen LogP contribution in [0.1, 0.15) is 71.3 Å². The molecule has 2 aliphatic heterocycles. The summed E-state index contributed by atoms with van der Waals surface area (Å²) in [5.41, 5.74) is -0.703. The summed E-state index contributed by atoms with van der Waals surface area (Å²) in [5.74, 6) is -9.99. The zero-order valence-corrected chi connectivity index (χ0v) is 40.5. The second-order valence-electron chi connectivity index (χ2n) is 19.5. The first-order valence-corrected chi connectivity index (χ1v) is 23.4. The molecule has 2 saturated carbocycles. The number of aromatic nitrogens is 2. The summed E-state index contributed by atoms with van der Waals surface area (Å²) in [5, 5.41) is 10.0. The van der Waals surface area contributed by atoms with Crippen molar-refractivity contribution >= 4 is 47.0 Å². The number of amides is 6. The van der Waals surface area contributed by atoms with Crippen molar-refractivity contribution < 1.29 is 59.8 Å². The highest BCUT2D eigenvalue weighted by Gasteiger charge is 2.75. The number of ether oxygens (including phenoxy) is 1. The number of hydrogen-bond donors (Lipinski definition) is 2. The fourth-order valence-corrected chi connectivity index (χ4v) is 9.61. The standard InChI is InChI=1S/C47H61ClF6N8O7/c1-26(2)16-34-41(65)61(7)37(18-29-17-31(48)11-12-33(29)30-20-55-59(5)21-30)42(66)58(4)14-15-69-23-27(3)8-13-35(39(63)56-34)60(6)43(67)38(28-9-10-28)57-40(64)36-19-32(49)22-62(36)44(68)45(47(52,53)54)24-46(50,51)25-45/h8,11-12,17,20-21,26,28,32,34-38H,9-10,13-16,18-19,22-25H2,1-7H3,(H,56,63)(H,57,64)/b27-8+/t32-,34+,35+,36+,37+,38+/m1/s1. The SMILES string of the molecule is C/C1=C\C[C@H](N(C)C(=O)[C@@H](NC(=O)[C@@H]2C[C@@H](F)CN2C(=O)C2(C(F)(F)F)CC(F)(F)C2)C2CC2)C(=O)N[C@@H](CC(C)C)C(=O)N(C)[C@@H](Cc2cc(Cl)ccc2-c2cnn(C)c2)C(=O)N(C)CCOC1. The van der Waals surface area contributed by atoms with Crippen LogP contribution in [0.2, 0.25) is 5.02 Å². The first-order valence-electron chi connectivity index (χ1n) is 23.0. The Morgan fingerprint density at radius 1 is 1.07 bits per heavy atom. The molecule has 0 spiro atoms. The third-order valence-corrected chi connectivity index (χ3v) is 13.8. The average Bonchev–Trinajstić information content (AvgIpc) is 3.89. The van der Waals surface area contributed by atoms with Crippen LogP contribution in [0.25, 0.3) is 11.1 Å². The van der Waals surface area contributed by atoms with E-state index in [1.807, 2.05) is 13.8 Å². The number of hydrogen-bond acceptors (Lipinski definition) is 8. The van der Waals surface area contributed by atoms with Gasteiger partial charge in [-0.3, -0.25) is 33.4 Å². The lowest BCUT2D eigenvalue weighted by Crippen LogP contribution is -2.65. The number of carbonyl (C=O) groups excluding carboxylic acids is 6. The molecule has 2 aromatic rings. The van der Waals surface area contributed by atoms with Crippen LogP contribution in [0, 0.1) is 17.3 Å². The molecule has 22 heteroatoms. The molecule has 380 valence electrons. The van der Waals surface area contributed by atoms with Gasteiger partial charge in [0.2, 0.25) is 35.4 Å². The van der Waals surface area contributed by atoms with Crippen molar-refractivity contribution in [1.29, 1.82) is 0 Å². The minimum atomic E-state index is -5.41. The van der Waals surface area contributed by atoms with Crippen LogP contribution in [0.4, 0.5) is 26.3 Å². The van der Waals surface area contributed by atoms with Crippen LogP contribution < -0.4 is 10.6 Å². The molecule has 0 bridgehead atoms. The van der Waals surface area contributed by atoms with Gasteiger partial charge in [-0.05, 0) is 67.7 Å². The summed E-state index contributed by atoms with van der Waals surface area (Å²) >= 11 is 6.50. The maximum Gasteiger partial charge on any atom is 0.403 e. The summed E-state index contributed by atoms with van der Waals surface area (Å²) in [4.78, 5) is 89.9. The molecule has 2 N–H and O–H groups in total. The quantitative estimate of drug-likeness (QED) is 0.232. The first kappa shape index (κ1) is 53.2. The molecule has 6 amide bonds. The van der Waals surface area contributed by atoms with Gasteiger partial charge in [-0.1, -0.05) is 43.2 Å². The molecule has 3 heterocycles. The van der Waals surface area contributed by atoms with E-state index in [1.54, 1.807) is 62.4 Å². The fourth-order valence-electron chi connectivity index (χ4n) is 9.41. The molecule has 2 aliphatic carbocycles. The second kappa shape index (κ2) is 21.0. The molecule has 0 radical (unpaired) electrons. The smallest absolute Gasteiger partial charge is 0.375 e. The van der Waals surface area contributed by atoms with Crippen molar-refractivity contribution in [3.05, 3.63) is 52.8 Å². The molecule has 0 unspecified atom stereocenters. The van der Waals surface area contributed by atoms with Gasteiger partial charge in [0.25, 0.3) is 5.92 Å². The van der Waals surface area contributed by atoms with Crippen molar-refractivity contribution in [3.8, 4) is 11.1 Å². The Morgan fingerprint density at radius 2 is 1.75 bits per heavy atom. The number of halogens is 7. The van der Waals surface area contributed by atoms with Crippen LogP contribution in [0.5, 0.6) is 0 Å². The second-order valence-corrected chi connectivity index (χ2v) is 20.0. The predicted octanol–water partition coefficient (Wildman–Crippen LogP) is 5.10. The number of nitrogens with zero attached hydrogens (tertiary/aromatic N) is 6. The van der Waals surface area contributed by atoms with E-state index in [9.17, 15) is 55.1 Å². The molecule has 4 aliphatic rings. The Balaban J connectivity index is 1.27. The van der Waals surface area contributed by atoms with Crippen molar-refractivity contribution in [2.24, 2.45) is 24.3 Å². The summed E-state index contributed by atoms with van der Waals surface area (Å²) in [7, 11) is 6.16. The van der Waals surface area contributed by atoms with Crippen LogP contribution in [0.3, 0.4) is 0 Å². The highest BCUT2D eigenvalue weighted by Crippen LogP contribution is 2.61. The molecular formula is C47H61ClF6N8O7. The molecule has 69 heavy (non-hydrogen) atoms. The van der Waals surface area contributed by atoms with Gasteiger partial charge in [0.15, 0.2) is 5.41 Å². The Morgan fingerprint density at radius 3 is 2.35 bits per heavy atom. The van der Waals surface area contributed by atoms with Crippen molar-refractivity contribution in [2.45, 2.75) is 121 Å². The maximum absolute atomic E-state index is 14.9. The van der Waals surface area contributed by atoms with Gasteiger partial charge in [0, 0.05) is 77.2 Å². The topological polar surface area (TPSA) is 166 Å². The minimum Gasteiger partial charge on any atom is -0.375 e. The minimum absolute atomic E-state index is 0.0211. The lowest BCUT2D eigenvalue weighted by atomic mass is 9.64. The highest BCUT2D eigenvalue weighted by atomic mass is 35.5. The number of carbonyl (C=O) groups is 6. The van der Waals surface area contributed by atoms with E-state index in [1.165, 1.54) is 23.9 Å². The number of rotatable bonds is 11. The van der Waals surface area contributed by atoms with Crippen LogP contribution >= 0.6 is 11.6 Å². The Labute approximate surface area is 402 Å². The third-order valence-electron chi connectivity index (χ3n) is 13.5. The zero-order valence-electron chi connectivity index (χ0n) is 39.8. The number of likely N-dealkylation sites (tertiary alicyclic amines) is 1. The summed E-state index contributed by atoms with van der Waals surface area (Å²) in [6, 6.07) is -1.62. The van der Waals surface area contributed by atoms with E-state index in [-0.39, 0.29) is 44.9 Å². The first-order chi connectivity index (χ1) is 32.2. The summed E-state index contributed by atoms with van der Waals surface area (Å²) in [6.45, 7) is 4.84. The fraction of sp³-hybridized carbons (Fsp3) is 0.638. The van der Waals surface area contributed by atoms with Crippen LogP contribution in [0.15, 0.2) is 42.2 Å². The van der Waals surface area contributed by atoms with Gasteiger partial charge in [0.1, 0.15) is 36.4 Å². The zero-order chi connectivity index (χ0) is 50.9.